The average molecular weight is 549 g/mol. The SMILES string of the molecule is CCC1CN(C(=O)[C@@H]2CCCN2)CCC1NS(=O)(=O)c1ccc(NC(=O)c2ccccc2C)c2ccccc12. The van der Waals surface area contributed by atoms with Crippen molar-refractivity contribution in [2.75, 3.05) is 25.0 Å². The summed E-state index contributed by atoms with van der Waals surface area (Å²) in [6, 6.07) is 17.4. The molecule has 9 heteroatoms. The van der Waals surface area contributed by atoms with Gasteiger partial charge in [0.05, 0.1) is 10.9 Å². The van der Waals surface area contributed by atoms with Gasteiger partial charge in [-0.3, -0.25) is 9.59 Å². The number of hydrogen-bond acceptors (Lipinski definition) is 5. The predicted molar refractivity (Wildman–Crippen MR) is 153 cm³/mol. The molecular formula is C30H36N4O4S. The lowest BCUT2D eigenvalue weighted by atomic mass is 9.90. The molecule has 206 valence electrons. The number of benzene rings is 3. The number of piperidine rings is 1. The lowest BCUT2D eigenvalue weighted by Gasteiger charge is -2.39. The smallest absolute Gasteiger partial charge is 0.255 e. The molecule has 8 nitrogen and oxygen atoms in total. The summed E-state index contributed by atoms with van der Waals surface area (Å²) < 4.78 is 30.4. The van der Waals surface area contributed by atoms with Gasteiger partial charge < -0.3 is 15.5 Å². The Morgan fingerprint density at radius 3 is 2.46 bits per heavy atom. The Hall–Kier alpha value is -3.27. The highest BCUT2D eigenvalue weighted by Gasteiger charge is 2.36. The van der Waals surface area contributed by atoms with E-state index in [1.807, 2.05) is 49.1 Å². The predicted octanol–water partition coefficient (Wildman–Crippen LogP) is 4.06. The summed E-state index contributed by atoms with van der Waals surface area (Å²) >= 11 is 0. The molecule has 3 N–H and O–H groups in total. The summed E-state index contributed by atoms with van der Waals surface area (Å²) in [6.45, 7) is 5.86. The van der Waals surface area contributed by atoms with Crippen LogP contribution in [0.2, 0.25) is 0 Å². The first-order valence-electron chi connectivity index (χ1n) is 13.7. The molecule has 39 heavy (non-hydrogen) atoms. The Bertz CT molecular complexity index is 1480. The van der Waals surface area contributed by atoms with E-state index < -0.39 is 10.0 Å². The minimum absolute atomic E-state index is 0.0258. The summed E-state index contributed by atoms with van der Waals surface area (Å²) in [5.41, 5.74) is 1.98. The van der Waals surface area contributed by atoms with E-state index in [2.05, 4.69) is 15.4 Å². The van der Waals surface area contributed by atoms with Gasteiger partial charge in [0.2, 0.25) is 15.9 Å². The molecule has 0 saturated carbocycles. The molecule has 2 amide bonds. The zero-order chi connectivity index (χ0) is 27.6. The standard InChI is InChI=1S/C30H36N4O4S/c1-3-21-19-34(30(36)27-13-8-17-31-27)18-16-25(21)33-39(37,38)28-15-14-26(23-11-6-7-12-24(23)28)32-29(35)22-10-5-4-9-20(22)2/h4-7,9-12,14-15,21,25,27,31,33H,3,8,13,16-19H2,1-2H3,(H,32,35)/t21?,25?,27-/m0/s1. The maximum Gasteiger partial charge on any atom is 0.255 e. The number of fused-ring (bicyclic) bond motifs is 1. The van der Waals surface area contributed by atoms with Gasteiger partial charge in [-0.15, -0.1) is 0 Å². The Kier molecular flexibility index (Phi) is 8.02. The van der Waals surface area contributed by atoms with Crippen LogP contribution < -0.4 is 15.4 Å². The van der Waals surface area contributed by atoms with Crippen LogP contribution in [-0.4, -0.2) is 56.9 Å². The Morgan fingerprint density at radius 1 is 1.00 bits per heavy atom. The minimum atomic E-state index is -3.87. The Balaban J connectivity index is 1.36. The van der Waals surface area contributed by atoms with Crippen molar-refractivity contribution in [2.45, 2.75) is 56.5 Å². The van der Waals surface area contributed by atoms with Crippen molar-refractivity contribution in [1.29, 1.82) is 0 Å². The van der Waals surface area contributed by atoms with Crippen molar-refractivity contribution < 1.29 is 18.0 Å². The van der Waals surface area contributed by atoms with E-state index in [-0.39, 0.29) is 34.7 Å². The second-order valence-corrected chi connectivity index (χ2v) is 12.2. The van der Waals surface area contributed by atoms with Crippen LogP contribution in [0.1, 0.15) is 48.5 Å². The molecular weight excluding hydrogens is 512 g/mol. The molecule has 3 aromatic carbocycles. The van der Waals surface area contributed by atoms with E-state index >= 15 is 0 Å². The fraction of sp³-hybridized carbons (Fsp3) is 0.400. The van der Waals surface area contributed by atoms with Crippen LogP contribution in [0, 0.1) is 12.8 Å². The third-order valence-electron chi connectivity index (χ3n) is 8.05. The van der Waals surface area contributed by atoms with Crippen LogP contribution in [0.15, 0.2) is 65.6 Å². The normalized spacial score (nSPS) is 21.7. The lowest BCUT2D eigenvalue weighted by Crippen LogP contribution is -2.55. The number of aryl methyl sites for hydroxylation is 1. The molecule has 3 aromatic rings. The molecule has 2 fully saturated rings. The second kappa shape index (κ2) is 11.5. The number of carbonyl (C=O) groups excluding carboxylic acids is 2. The number of carbonyl (C=O) groups is 2. The van der Waals surface area contributed by atoms with Crippen LogP contribution in [0.3, 0.4) is 0 Å². The molecule has 0 aromatic heterocycles. The number of anilines is 1. The van der Waals surface area contributed by atoms with Gasteiger partial charge in [-0.25, -0.2) is 13.1 Å². The highest BCUT2D eigenvalue weighted by Crippen LogP contribution is 2.31. The summed E-state index contributed by atoms with van der Waals surface area (Å²) in [4.78, 5) is 28.0. The molecule has 0 aliphatic carbocycles. The van der Waals surface area contributed by atoms with Crippen molar-refractivity contribution in [3.63, 3.8) is 0 Å². The second-order valence-electron chi connectivity index (χ2n) is 10.5. The van der Waals surface area contributed by atoms with Gasteiger partial charge >= 0.3 is 0 Å². The first-order valence-corrected chi connectivity index (χ1v) is 15.2. The first-order chi connectivity index (χ1) is 18.8. The fourth-order valence-corrected chi connectivity index (χ4v) is 7.36. The van der Waals surface area contributed by atoms with Gasteiger partial charge in [0.15, 0.2) is 0 Å². The molecule has 2 aliphatic rings. The number of hydrogen-bond donors (Lipinski definition) is 3. The van der Waals surface area contributed by atoms with Crippen molar-refractivity contribution in [3.05, 3.63) is 71.8 Å². The van der Waals surface area contributed by atoms with Gasteiger partial charge in [-0.2, -0.15) is 0 Å². The van der Waals surface area contributed by atoms with E-state index in [9.17, 15) is 18.0 Å². The highest BCUT2D eigenvalue weighted by atomic mass is 32.2. The summed E-state index contributed by atoms with van der Waals surface area (Å²) in [7, 11) is -3.87. The molecule has 2 aliphatic heterocycles. The van der Waals surface area contributed by atoms with Gasteiger partial charge in [0.1, 0.15) is 0 Å². The van der Waals surface area contributed by atoms with E-state index in [0.717, 1.165) is 31.4 Å². The first kappa shape index (κ1) is 27.3. The number of rotatable bonds is 7. The zero-order valence-electron chi connectivity index (χ0n) is 22.4. The van der Waals surface area contributed by atoms with E-state index in [1.54, 1.807) is 30.3 Å². The van der Waals surface area contributed by atoms with E-state index in [4.69, 9.17) is 0 Å². The largest absolute Gasteiger partial charge is 0.341 e. The number of amides is 2. The van der Waals surface area contributed by atoms with Crippen molar-refractivity contribution in [1.82, 2.24) is 14.9 Å². The Morgan fingerprint density at radius 2 is 1.74 bits per heavy atom. The summed E-state index contributed by atoms with van der Waals surface area (Å²) in [5.74, 6) is -0.0914. The molecule has 2 saturated heterocycles. The minimum Gasteiger partial charge on any atom is -0.341 e. The molecule has 5 rings (SSSR count). The third-order valence-corrected chi connectivity index (χ3v) is 9.59. The Labute approximate surface area is 230 Å². The van der Waals surface area contributed by atoms with Crippen molar-refractivity contribution >= 4 is 38.3 Å². The van der Waals surface area contributed by atoms with E-state index in [0.29, 0.717) is 41.5 Å². The number of nitrogens with one attached hydrogen (secondary N) is 3. The molecule has 3 atom stereocenters. The number of nitrogens with zero attached hydrogens (tertiary/aromatic N) is 1. The number of sulfonamides is 1. The van der Waals surface area contributed by atoms with E-state index in [1.165, 1.54) is 0 Å². The van der Waals surface area contributed by atoms with Crippen LogP contribution >= 0.6 is 0 Å². The molecule has 0 bridgehead atoms. The maximum atomic E-state index is 13.7. The van der Waals surface area contributed by atoms with Crippen LogP contribution in [-0.2, 0) is 14.8 Å². The molecule has 0 spiro atoms. The van der Waals surface area contributed by atoms with Gasteiger partial charge in [-0.1, -0.05) is 55.8 Å². The quantitative estimate of drug-likeness (QED) is 0.413. The zero-order valence-corrected chi connectivity index (χ0v) is 23.3. The molecule has 2 heterocycles. The summed E-state index contributed by atoms with van der Waals surface area (Å²) in [6.07, 6.45) is 3.20. The van der Waals surface area contributed by atoms with Crippen LogP contribution in [0.25, 0.3) is 10.8 Å². The van der Waals surface area contributed by atoms with Crippen molar-refractivity contribution in [2.24, 2.45) is 5.92 Å². The monoisotopic (exact) mass is 548 g/mol. The third kappa shape index (κ3) is 5.71. The fourth-order valence-electron chi connectivity index (χ4n) is 5.81. The topological polar surface area (TPSA) is 108 Å². The van der Waals surface area contributed by atoms with Crippen LogP contribution in [0.4, 0.5) is 5.69 Å². The lowest BCUT2D eigenvalue weighted by molar-refractivity contribution is -0.135. The maximum absolute atomic E-state index is 13.7. The summed E-state index contributed by atoms with van der Waals surface area (Å²) in [5, 5.41) is 7.43. The highest BCUT2D eigenvalue weighted by molar-refractivity contribution is 7.89. The van der Waals surface area contributed by atoms with Crippen LogP contribution in [0.5, 0.6) is 0 Å². The molecule has 2 unspecified atom stereocenters. The average Bonchev–Trinajstić information content (AvgIpc) is 3.48. The van der Waals surface area contributed by atoms with Gasteiger partial charge in [0, 0.05) is 41.2 Å². The van der Waals surface area contributed by atoms with Gasteiger partial charge in [0.25, 0.3) is 5.91 Å². The van der Waals surface area contributed by atoms with Crippen molar-refractivity contribution in [3.8, 4) is 0 Å². The van der Waals surface area contributed by atoms with Gasteiger partial charge in [-0.05, 0) is 62.4 Å². The molecule has 0 radical (unpaired) electrons. The number of likely N-dealkylation sites (tertiary alicyclic amines) is 1.